The Morgan fingerprint density at radius 3 is 0.928 bits per heavy atom. The summed E-state index contributed by atoms with van der Waals surface area (Å²) in [5.41, 5.74) is 8.23. The maximum atomic E-state index is 16.5. The van der Waals surface area contributed by atoms with E-state index in [1.807, 2.05) is 12.1 Å². The fourth-order valence-corrected chi connectivity index (χ4v) is 15.2. The van der Waals surface area contributed by atoms with Crippen molar-refractivity contribution in [1.29, 1.82) is 0 Å². The summed E-state index contributed by atoms with van der Waals surface area (Å²) in [6.07, 6.45) is 0. The van der Waals surface area contributed by atoms with E-state index in [0.29, 0.717) is 9.79 Å². The first-order chi connectivity index (χ1) is 33.9. The molecule has 0 N–H and O–H groups in total. The van der Waals surface area contributed by atoms with Gasteiger partial charge >= 0.3 is 0 Å². The summed E-state index contributed by atoms with van der Waals surface area (Å²) in [5.74, 6) is 0. The maximum Gasteiger partial charge on any atom is 0.207 e. The topological polar surface area (TPSA) is 34.1 Å². The van der Waals surface area contributed by atoms with E-state index in [1.54, 1.807) is 22.7 Å². The minimum Gasteiger partial charge on any atom is -0.218 e. The molecule has 0 atom stereocenters. The zero-order valence-corrected chi connectivity index (χ0v) is 39.4. The molecule has 0 radical (unpaired) electrons. The third-order valence-corrected chi connectivity index (χ3v) is 18.1. The molecular weight excluding hydrogens is 897 g/mol. The molecule has 0 spiro atoms. The van der Waals surface area contributed by atoms with E-state index in [2.05, 4.69) is 218 Å². The van der Waals surface area contributed by atoms with Crippen molar-refractivity contribution in [3.63, 3.8) is 0 Å². The molecule has 0 aliphatic heterocycles. The standard InChI is InChI=1S/C64H38O2S3/c65-69(66,61-37-45(53-27-11-19-41-15-3-7-23-49(41)53)35-59-63(61)55-31-29-43(33-57(55)67-59)51-25-9-17-39-13-1-5-21-47(39)51)62-38-46(54-28-12-20-42-16-4-8-24-50(42)54)36-60-64(62)56-32-30-44(34-58(56)68-60)52-26-10-18-40-14-2-6-22-48(40)52/h1-38H. The van der Waals surface area contributed by atoms with Gasteiger partial charge in [0.05, 0.1) is 9.79 Å². The number of rotatable bonds is 6. The molecule has 324 valence electrons. The van der Waals surface area contributed by atoms with Crippen molar-refractivity contribution in [3.05, 3.63) is 231 Å². The monoisotopic (exact) mass is 934 g/mol. The molecule has 14 aromatic rings. The van der Waals surface area contributed by atoms with E-state index in [-0.39, 0.29) is 0 Å². The zero-order valence-electron chi connectivity index (χ0n) is 37.0. The predicted molar refractivity (Wildman–Crippen MR) is 296 cm³/mol. The normalized spacial score (nSPS) is 12.2. The van der Waals surface area contributed by atoms with Crippen LogP contribution in [0.5, 0.6) is 0 Å². The van der Waals surface area contributed by atoms with Crippen LogP contribution in [-0.4, -0.2) is 8.42 Å². The molecular formula is C64H38O2S3. The number of fused-ring (bicyclic) bond motifs is 10. The van der Waals surface area contributed by atoms with Gasteiger partial charge in [-0.25, -0.2) is 8.42 Å². The van der Waals surface area contributed by atoms with E-state index in [4.69, 9.17) is 0 Å². The minimum absolute atomic E-state index is 0.315. The first kappa shape index (κ1) is 40.2. The number of sulfone groups is 1. The lowest BCUT2D eigenvalue weighted by Crippen LogP contribution is -2.04. The molecule has 0 bridgehead atoms. The van der Waals surface area contributed by atoms with Crippen LogP contribution < -0.4 is 0 Å². The highest BCUT2D eigenvalue weighted by Gasteiger charge is 2.29. The van der Waals surface area contributed by atoms with Gasteiger partial charge in [-0.05, 0) is 124 Å². The summed E-state index contributed by atoms with van der Waals surface area (Å²) in [6.45, 7) is 0. The molecule has 2 aromatic heterocycles. The Morgan fingerprint density at radius 1 is 0.261 bits per heavy atom. The molecule has 2 nitrogen and oxygen atoms in total. The molecule has 0 fully saturated rings. The molecule has 5 heteroatoms. The Kier molecular flexibility index (Phi) is 9.06. The Morgan fingerprint density at radius 2 is 0.565 bits per heavy atom. The number of hydrogen-bond donors (Lipinski definition) is 0. The number of benzene rings is 12. The van der Waals surface area contributed by atoms with E-state index < -0.39 is 9.84 Å². The van der Waals surface area contributed by atoms with Gasteiger partial charge in [0.15, 0.2) is 0 Å². The van der Waals surface area contributed by atoms with Crippen LogP contribution in [0.4, 0.5) is 0 Å². The van der Waals surface area contributed by atoms with E-state index in [9.17, 15) is 0 Å². The SMILES string of the molecule is O=S(=O)(c1cc(-c2cccc3ccccc23)cc2sc3cc(-c4cccc5ccccc45)ccc3c12)c1cc(-c2cccc3ccccc23)cc2sc3cc(-c4cccc5ccccc45)ccc3c12. The van der Waals surface area contributed by atoms with Crippen LogP contribution in [0.3, 0.4) is 0 Å². The largest absolute Gasteiger partial charge is 0.218 e. The molecule has 12 aromatic carbocycles. The van der Waals surface area contributed by atoms with Crippen molar-refractivity contribution in [3.8, 4) is 44.5 Å². The quantitative estimate of drug-likeness (QED) is 0.166. The van der Waals surface area contributed by atoms with Crippen molar-refractivity contribution in [2.75, 3.05) is 0 Å². The van der Waals surface area contributed by atoms with E-state index in [1.165, 1.54) is 21.5 Å². The van der Waals surface area contributed by atoms with Gasteiger partial charge in [0.25, 0.3) is 0 Å². The Hall–Kier alpha value is -7.93. The van der Waals surface area contributed by atoms with Crippen LogP contribution in [-0.2, 0) is 9.84 Å². The second-order valence-corrected chi connectivity index (χ2v) is 22.0. The molecule has 0 aliphatic rings. The molecule has 0 aliphatic carbocycles. The van der Waals surface area contributed by atoms with Crippen LogP contribution in [0.2, 0.25) is 0 Å². The third-order valence-electron chi connectivity index (χ3n) is 14.1. The van der Waals surface area contributed by atoms with Gasteiger partial charge in [-0.15, -0.1) is 22.7 Å². The smallest absolute Gasteiger partial charge is 0.207 e. The van der Waals surface area contributed by atoms with Crippen LogP contribution >= 0.6 is 22.7 Å². The van der Waals surface area contributed by atoms with Crippen molar-refractivity contribution < 1.29 is 8.42 Å². The fourth-order valence-electron chi connectivity index (χ4n) is 10.8. The summed E-state index contributed by atoms with van der Waals surface area (Å²) in [7, 11) is -4.25. The van der Waals surface area contributed by atoms with Crippen molar-refractivity contribution >= 4 is 116 Å². The molecule has 0 saturated carbocycles. The lowest BCUT2D eigenvalue weighted by Gasteiger charge is -2.15. The number of thiophene rings is 2. The van der Waals surface area contributed by atoms with Gasteiger partial charge in [0.2, 0.25) is 9.84 Å². The molecule has 2 heterocycles. The molecule has 0 unspecified atom stereocenters. The Labute approximate surface area is 406 Å². The van der Waals surface area contributed by atoms with Crippen LogP contribution in [0, 0.1) is 0 Å². The Bertz CT molecular complexity index is 4270. The third kappa shape index (κ3) is 6.39. The minimum atomic E-state index is -4.25. The lowest BCUT2D eigenvalue weighted by molar-refractivity contribution is 0.598. The predicted octanol–water partition coefficient (Wildman–Crippen LogP) is 18.5. The van der Waals surface area contributed by atoms with Crippen LogP contribution in [0.1, 0.15) is 0 Å². The highest BCUT2D eigenvalue weighted by Crippen LogP contribution is 2.49. The summed E-state index contributed by atoms with van der Waals surface area (Å²) in [6, 6.07) is 80.5. The summed E-state index contributed by atoms with van der Waals surface area (Å²) >= 11 is 3.33. The highest BCUT2D eigenvalue weighted by molar-refractivity contribution is 7.92. The molecule has 69 heavy (non-hydrogen) atoms. The highest BCUT2D eigenvalue weighted by atomic mass is 32.2. The first-order valence-electron chi connectivity index (χ1n) is 23.1. The summed E-state index contributed by atoms with van der Waals surface area (Å²) in [4.78, 5) is 0.630. The fraction of sp³-hybridized carbons (Fsp3) is 0. The molecule has 0 saturated heterocycles. The average molecular weight is 935 g/mol. The van der Waals surface area contributed by atoms with Gasteiger partial charge in [0.1, 0.15) is 0 Å². The first-order valence-corrected chi connectivity index (χ1v) is 26.2. The summed E-state index contributed by atoms with van der Waals surface area (Å²) in [5, 5.41) is 12.5. The van der Waals surface area contributed by atoms with Gasteiger partial charge in [0, 0.05) is 40.3 Å². The van der Waals surface area contributed by atoms with Crippen molar-refractivity contribution in [2.24, 2.45) is 0 Å². The van der Waals surface area contributed by atoms with Crippen molar-refractivity contribution in [2.45, 2.75) is 9.79 Å². The zero-order chi connectivity index (χ0) is 45.8. The maximum absolute atomic E-state index is 16.5. The van der Waals surface area contributed by atoms with Crippen molar-refractivity contribution in [1.82, 2.24) is 0 Å². The van der Waals surface area contributed by atoms with Gasteiger partial charge in [-0.2, -0.15) is 0 Å². The second kappa shape index (κ2) is 15.6. The number of hydrogen-bond acceptors (Lipinski definition) is 4. The van der Waals surface area contributed by atoms with E-state index >= 15 is 8.42 Å². The lowest BCUT2D eigenvalue weighted by atomic mass is 9.96. The van der Waals surface area contributed by atoms with Gasteiger partial charge in [-0.1, -0.05) is 194 Å². The molecule has 0 amide bonds. The molecule has 14 rings (SSSR count). The van der Waals surface area contributed by atoms with E-state index in [0.717, 1.165) is 106 Å². The Balaban J connectivity index is 1.06. The van der Waals surface area contributed by atoms with Gasteiger partial charge < -0.3 is 0 Å². The second-order valence-electron chi connectivity index (χ2n) is 17.9. The summed E-state index contributed by atoms with van der Waals surface area (Å²) < 4.78 is 37.0. The van der Waals surface area contributed by atoms with Crippen LogP contribution in [0.15, 0.2) is 240 Å². The average Bonchev–Trinajstić information content (AvgIpc) is 3.97. The van der Waals surface area contributed by atoms with Gasteiger partial charge in [-0.3, -0.25) is 0 Å². The van der Waals surface area contributed by atoms with Crippen LogP contribution in [0.25, 0.3) is 128 Å².